The minimum Gasteiger partial charge on any atom is -0.497 e. The van der Waals surface area contributed by atoms with Crippen LogP contribution in [0, 0.1) is 0 Å². The van der Waals surface area contributed by atoms with E-state index >= 15 is 0 Å². The summed E-state index contributed by atoms with van der Waals surface area (Å²) in [7, 11) is 3.10. The molecule has 2 heterocycles. The molecule has 0 saturated heterocycles. The van der Waals surface area contributed by atoms with Gasteiger partial charge in [-0.25, -0.2) is 4.98 Å². The van der Waals surface area contributed by atoms with Crippen LogP contribution in [0.25, 0.3) is 0 Å². The predicted octanol–water partition coefficient (Wildman–Crippen LogP) is 3.36. The van der Waals surface area contributed by atoms with Crippen molar-refractivity contribution in [3.05, 3.63) is 72.3 Å². The highest BCUT2D eigenvalue weighted by atomic mass is 16.5. The van der Waals surface area contributed by atoms with Gasteiger partial charge < -0.3 is 20.1 Å². The van der Waals surface area contributed by atoms with Crippen LogP contribution in [0.5, 0.6) is 11.5 Å². The maximum atomic E-state index is 12.5. The highest BCUT2D eigenvalue weighted by Crippen LogP contribution is 2.29. The Morgan fingerprint density at radius 1 is 1.04 bits per heavy atom. The summed E-state index contributed by atoms with van der Waals surface area (Å²) in [5.74, 6) is 0.830. The van der Waals surface area contributed by atoms with E-state index in [9.17, 15) is 4.79 Å². The van der Waals surface area contributed by atoms with Crippen molar-refractivity contribution in [1.29, 1.82) is 0 Å². The molecular weight excluding hydrogens is 344 g/mol. The third kappa shape index (κ3) is 4.72. The number of methoxy groups -OCH3 is 2. The molecule has 1 aromatic carbocycles. The van der Waals surface area contributed by atoms with Gasteiger partial charge in [-0.2, -0.15) is 0 Å². The first kappa shape index (κ1) is 18.2. The quantitative estimate of drug-likeness (QED) is 0.669. The lowest BCUT2D eigenvalue weighted by Crippen LogP contribution is -2.14. The molecule has 0 unspecified atom stereocenters. The van der Waals surface area contributed by atoms with Crippen LogP contribution in [0.3, 0.4) is 0 Å². The maximum absolute atomic E-state index is 12.5. The number of anilines is 2. The molecule has 0 spiro atoms. The first-order chi connectivity index (χ1) is 13.2. The van der Waals surface area contributed by atoms with Gasteiger partial charge in [-0.1, -0.05) is 0 Å². The van der Waals surface area contributed by atoms with Gasteiger partial charge in [-0.05, 0) is 42.0 Å². The van der Waals surface area contributed by atoms with Crippen molar-refractivity contribution >= 4 is 17.3 Å². The molecule has 3 aromatic rings. The second kappa shape index (κ2) is 8.66. The van der Waals surface area contributed by atoms with Gasteiger partial charge in [0.1, 0.15) is 17.2 Å². The summed E-state index contributed by atoms with van der Waals surface area (Å²) in [4.78, 5) is 20.7. The number of pyridine rings is 2. The predicted molar refractivity (Wildman–Crippen MR) is 103 cm³/mol. The lowest BCUT2D eigenvalue weighted by molar-refractivity contribution is 0.102. The van der Waals surface area contributed by atoms with E-state index in [1.807, 2.05) is 18.2 Å². The fourth-order valence-electron chi connectivity index (χ4n) is 2.44. The van der Waals surface area contributed by atoms with Crippen molar-refractivity contribution in [1.82, 2.24) is 9.97 Å². The SMILES string of the molecule is COc1ccc(OC)c(NC(=O)c2ccc(NCc3ccncc3)cn2)c1. The smallest absolute Gasteiger partial charge is 0.274 e. The molecule has 0 bridgehead atoms. The van der Waals surface area contributed by atoms with E-state index in [0.29, 0.717) is 29.4 Å². The Kier molecular flexibility index (Phi) is 5.84. The number of nitrogens with one attached hydrogen (secondary N) is 2. The molecule has 0 aliphatic rings. The van der Waals surface area contributed by atoms with Crippen LogP contribution in [0.1, 0.15) is 16.1 Å². The number of benzene rings is 1. The van der Waals surface area contributed by atoms with Crippen molar-refractivity contribution in [2.45, 2.75) is 6.54 Å². The minimum absolute atomic E-state index is 0.300. The van der Waals surface area contributed by atoms with Crippen LogP contribution in [-0.2, 0) is 6.54 Å². The largest absolute Gasteiger partial charge is 0.497 e. The van der Waals surface area contributed by atoms with E-state index in [0.717, 1.165) is 11.3 Å². The lowest BCUT2D eigenvalue weighted by atomic mass is 10.2. The van der Waals surface area contributed by atoms with Gasteiger partial charge in [0.05, 0.1) is 31.8 Å². The second-order valence-corrected chi connectivity index (χ2v) is 5.66. The molecule has 7 heteroatoms. The fourth-order valence-corrected chi connectivity index (χ4v) is 2.44. The summed E-state index contributed by atoms with van der Waals surface area (Å²) in [6.07, 6.45) is 5.12. The highest BCUT2D eigenvalue weighted by molar-refractivity contribution is 6.03. The summed E-state index contributed by atoms with van der Waals surface area (Å²) < 4.78 is 10.5. The van der Waals surface area contributed by atoms with E-state index in [4.69, 9.17) is 9.47 Å². The number of rotatable bonds is 7. The summed E-state index contributed by atoms with van der Waals surface area (Å²) in [5, 5.41) is 6.05. The molecule has 2 aromatic heterocycles. The van der Waals surface area contributed by atoms with Crippen LogP contribution >= 0.6 is 0 Å². The van der Waals surface area contributed by atoms with Gasteiger partial charge in [0.2, 0.25) is 0 Å². The van der Waals surface area contributed by atoms with Crippen LogP contribution in [0.2, 0.25) is 0 Å². The number of nitrogens with zero attached hydrogens (tertiary/aromatic N) is 2. The number of amides is 1. The molecule has 0 radical (unpaired) electrons. The van der Waals surface area contributed by atoms with E-state index in [1.54, 1.807) is 57.1 Å². The first-order valence-electron chi connectivity index (χ1n) is 8.32. The number of ether oxygens (including phenoxy) is 2. The number of aromatic nitrogens is 2. The molecular formula is C20H20N4O3. The Bertz CT molecular complexity index is 899. The molecule has 27 heavy (non-hydrogen) atoms. The molecule has 0 fully saturated rings. The number of hydrogen-bond donors (Lipinski definition) is 2. The van der Waals surface area contributed by atoms with Crippen molar-refractivity contribution in [2.24, 2.45) is 0 Å². The van der Waals surface area contributed by atoms with Crippen LogP contribution in [-0.4, -0.2) is 30.1 Å². The zero-order valence-corrected chi connectivity index (χ0v) is 15.1. The minimum atomic E-state index is -0.331. The second-order valence-electron chi connectivity index (χ2n) is 5.66. The molecule has 1 amide bonds. The third-order valence-electron chi connectivity index (χ3n) is 3.90. The zero-order valence-electron chi connectivity index (χ0n) is 15.1. The Labute approximate surface area is 157 Å². The van der Waals surface area contributed by atoms with E-state index in [2.05, 4.69) is 20.6 Å². The van der Waals surface area contributed by atoms with E-state index < -0.39 is 0 Å². The van der Waals surface area contributed by atoms with Crippen LogP contribution < -0.4 is 20.1 Å². The van der Waals surface area contributed by atoms with E-state index in [-0.39, 0.29) is 5.91 Å². The summed E-state index contributed by atoms with van der Waals surface area (Å²) in [5.41, 5.74) is 2.75. The number of hydrogen-bond acceptors (Lipinski definition) is 6. The summed E-state index contributed by atoms with van der Waals surface area (Å²) in [6.45, 7) is 0.650. The topological polar surface area (TPSA) is 85.4 Å². The number of carbonyl (C=O) groups excluding carboxylic acids is 1. The Hall–Kier alpha value is -3.61. The number of carbonyl (C=O) groups is 1. The fraction of sp³-hybridized carbons (Fsp3) is 0.150. The standard InChI is InChI=1S/C20H20N4O3/c1-26-16-4-6-19(27-2)18(11-16)24-20(25)17-5-3-15(13-23-17)22-12-14-7-9-21-10-8-14/h3-11,13,22H,12H2,1-2H3,(H,24,25). The third-order valence-corrected chi connectivity index (χ3v) is 3.90. The molecule has 0 aliphatic carbocycles. The van der Waals surface area contributed by atoms with Crippen molar-refractivity contribution in [2.75, 3.05) is 24.9 Å². The summed E-state index contributed by atoms with van der Waals surface area (Å²) >= 11 is 0. The molecule has 2 N–H and O–H groups in total. The maximum Gasteiger partial charge on any atom is 0.274 e. The van der Waals surface area contributed by atoms with Gasteiger partial charge in [-0.15, -0.1) is 0 Å². The van der Waals surface area contributed by atoms with Crippen molar-refractivity contribution in [3.8, 4) is 11.5 Å². The Morgan fingerprint density at radius 3 is 2.52 bits per heavy atom. The molecule has 0 atom stereocenters. The van der Waals surface area contributed by atoms with Gasteiger partial charge in [0.15, 0.2) is 0 Å². The zero-order chi connectivity index (χ0) is 19.1. The van der Waals surface area contributed by atoms with Crippen molar-refractivity contribution < 1.29 is 14.3 Å². The Balaban J connectivity index is 1.65. The monoisotopic (exact) mass is 364 g/mol. The average molecular weight is 364 g/mol. The molecule has 0 aliphatic heterocycles. The molecule has 7 nitrogen and oxygen atoms in total. The average Bonchev–Trinajstić information content (AvgIpc) is 2.73. The molecule has 0 saturated carbocycles. The normalized spacial score (nSPS) is 10.1. The van der Waals surface area contributed by atoms with Crippen molar-refractivity contribution in [3.63, 3.8) is 0 Å². The van der Waals surface area contributed by atoms with Gasteiger partial charge in [-0.3, -0.25) is 9.78 Å². The van der Waals surface area contributed by atoms with Gasteiger partial charge in [0.25, 0.3) is 5.91 Å². The Morgan fingerprint density at radius 2 is 1.85 bits per heavy atom. The molecule has 138 valence electrons. The van der Waals surface area contributed by atoms with Gasteiger partial charge >= 0.3 is 0 Å². The summed E-state index contributed by atoms with van der Waals surface area (Å²) in [6, 6.07) is 12.5. The molecule has 3 rings (SSSR count). The highest BCUT2D eigenvalue weighted by Gasteiger charge is 2.12. The lowest BCUT2D eigenvalue weighted by Gasteiger charge is -2.12. The van der Waals surface area contributed by atoms with Gasteiger partial charge in [0, 0.05) is 25.0 Å². The van der Waals surface area contributed by atoms with E-state index in [1.165, 1.54) is 0 Å². The van der Waals surface area contributed by atoms with Crippen LogP contribution in [0.15, 0.2) is 61.1 Å². The first-order valence-corrected chi connectivity index (χ1v) is 8.32. The van der Waals surface area contributed by atoms with Crippen LogP contribution in [0.4, 0.5) is 11.4 Å².